The number of carbonyl (C=O) groups excluding carboxylic acids is 1. The van der Waals surface area contributed by atoms with E-state index in [-0.39, 0.29) is 29.9 Å². The van der Waals surface area contributed by atoms with Gasteiger partial charge in [-0.15, -0.1) is 0 Å². The van der Waals surface area contributed by atoms with Crippen molar-refractivity contribution in [2.24, 2.45) is 0 Å². The Labute approximate surface area is 148 Å². The van der Waals surface area contributed by atoms with Crippen LogP contribution in [0.1, 0.15) is 15.9 Å². The Kier molecular flexibility index (Phi) is 4.98. The SMILES string of the molecule is O=C(Cn1ccc(B(O)O)n1)NC1Cc2cccc(C(=O)O)c2OB1O. The molecule has 1 amide bonds. The number of carboxylic acid groups (broad SMARTS) is 1. The largest absolute Gasteiger partial charge is 0.547 e. The van der Waals surface area contributed by atoms with E-state index in [0.717, 1.165) is 0 Å². The smallest absolute Gasteiger partial charge is 0.534 e. The van der Waals surface area contributed by atoms with E-state index in [2.05, 4.69) is 10.4 Å². The van der Waals surface area contributed by atoms with Gasteiger partial charge in [0.15, 0.2) is 0 Å². The molecule has 0 spiro atoms. The number of rotatable bonds is 5. The van der Waals surface area contributed by atoms with Crippen LogP contribution in [-0.4, -0.2) is 62.0 Å². The predicted molar refractivity (Wildman–Crippen MR) is 89.7 cm³/mol. The second kappa shape index (κ2) is 7.20. The predicted octanol–water partition coefficient (Wildman–Crippen LogP) is -2.60. The van der Waals surface area contributed by atoms with E-state index in [1.807, 2.05) is 0 Å². The molecule has 2 heterocycles. The van der Waals surface area contributed by atoms with Crippen LogP contribution in [0.4, 0.5) is 0 Å². The minimum absolute atomic E-state index is 0.00830. The fraction of sp³-hybridized carbons (Fsp3) is 0.214. The monoisotopic (exact) mass is 359 g/mol. The van der Waals surface area contributed by atoms with E-state index in [9.17, 15) is 14.6 Å². The van der Waals surface area contributed by atoms with Crippen molar-refractivity contribution >= 4 is 31.7 Å². The molecule has 1 aromatic carbocycles. The number of nitrogens with one attached hydrogen (secondary N) is 1. The first-order valence-corrected chi connectivity index (χ1v) is 7.74. The van der Waals surface area contributed by atoms with Gasteiger partial charge >= 0.3 is 20.2 Å². The van der Waals surface area contributed by atoms with Crippen molar-refractivity contribution in [3.63, 3.8) is 0 Å². The Morgan fingerprint density at radius 1 is 1.38 bits per heavy atom. The first-order valence-electron chi connectivity index (χ1n) is 7.74. The van der Waals surface area contributed by atoms with E-state index >= 15 is 0 Å². The van der Waals surface area contributed by atoms with Crippen LogP contribution in [-0.2, 0) is 17.8 Å². The molecule has 1 aromatic heterocycles. The van der Waals surface area contributed by atoms with Crippen LogP contribution in [0.15, 0.2) is 30.5 Å². The molecule has 134 valence electrons. The maximum Gasteiger partial charge on any atom is 0.547 e. The van der Waals surface area contributed by atoms with E-state index in [1.165, 1.54) is 23.0 Å². The highest BCUT2D eigenvalue weighted by Gasteiger charge is 2.37. The molecule has 1 unspecified atom stereocenters. The average molecular weight is 359 g/mol. The molecule has 0 aliphatic carbocycles. The first-order chi connectivity index (χ1) is 12.3. The molecule has 2 aromatic rings. The van der Waals surface area contributed by atoms with Gasteiger partial charge in [0.2, 0.25) is 5.91 Å². The lowest BCUT2D eigenvalue weighted by atomic mass is 9.72. The van der Waals surface area contributed by atoms with Crippen LogP contribution in [0.3, 0.4) is 0 Å². The third kappa shape index (κ3) is 3.72. The van der Waals surface area contributed by atoms with Crippen molar-refractivity contribution in [1.82, 2.24) is 15.1 Å². The molecule has 0 saturated heterocycles. The molecule has 5 N–H and O–H groups in total. The third-order valence-electron chi connectivity index (χ3n) is 3.93. The lowest BCUT2D eigenvalue weighted by molar-refractivity contribution is -0.122. The standard InChI is InChI=1S/C14H15B2N3O7/c20-12(7-19-5-4-10(18-19)15(23)24)17-11-6-8-2-1-3-9(14(21)22)13(8)26-16(11)25/h1-5,11,23-25H,6-7H2,(H,17,20)(H,21,22). The number of aromatic carboxylic acids is 1. The van der Waals surface area contributed by atoms with Crippen LogP contribution >= 0.6 is 0 Å². The number of fused-ring (bicyclic) bond motifs is 1. The fourth-order valence-corrected chi connectivity index (χ4v) is 2.72. The van der Waals surface area contributed by atoms with Crippen molar-refractivity contribution in [2.45, 2.75) is 18.9 Å². The summed E-state index contributed by atoms with van der Waals surface area (Å²) in [5.74, 6) is -2.32. The Bertz CT molecular complexity index is 842. The molecule has 1 aliphatic rings. The number of nitrogens with zero attached hydrogens (tertiary/aromatic N) is 2. The summed E-state index contributed by atoms with van der Waals surface area (Å²) < 4.78 is 6.51. The van der Waals surface area contributed by atoms with Crippen molar-refractivity contribution in [3.8, 4) is 5.75 Å². The molecule has 0 radical (unpaired) electrons. The van der Waals surface area contributed by atoms with Crippen molar-refractivity contribution in [3.05, 3.63) is 41.6 Å². The summed E-state index contributed by atoms with van der Waals surface area (Å²) in [4.78, 5) is 23.4. The quantitative estimate of drug-likeness (QED) is 0.364. The number of hydrogen-bond acceptors (Lipinski definition) is 7. The molecular formula is C14H15B2N3O7. The molecule has 26 heavy (non-hydrogen) atoms. The van der Waals surface area contributed by atoms with Crippen LogP contribution in [0.25, 0.3) is 0 Å². The number of hydrogen-bond donors (Lipinski definition) is 5. The molecule has 0 bridgehead atoms. The van der Waals surface area contributed by atoms with E-state index < -0.39 is 32.1 Å². The summed E-state index contributed by atoms with van der Waals surface area (Å²) in [7, 11) is -3.13. The van der Waals surface area contributed by atoms with E-state index in [1.54, 1.807) is 12.1 Å². The maximum atomic E-state index is 12.1. The summed E-state index contributed by atoms with van der Waals surface area (Å²) in [6, 6.07) is 5.96. The zero-order valence-electron chi connectivity index (χ0n) is 13.4. The Morgan fingerprint density at radius 2 is 2.15 bits per heavy atom. The number of amides is 1. The number of carboxylic acids is 1. The second-order valence-corrected chi connectivity index (χ2v) is 5.80. The first kappa shape index (κ1) is 18.0. The van der Waals surface area contributed by atoms with Gasteiger partial charge in [-0.3, -0.25) is 9.48 Å². The summed E-state index contributed by atoms with van der Waals surface area (Å²) in [5.41, 5.74) is 0.511. The highest BCUT2D eigenvalue weighted by atomic mass is 16.5. The highest BCUT2D eigenvalue weighted by molar-refractivity contribution is 6.57. The van der Waals surface area contributed by atoms with Gasteiger partial charge in [0.05, 0.1) is 17.1 Å². The Morgan fingerprint density at radius 3 is 2.81 bits per heavy atom. The van der Waals surface area contributed by atoms with Gasteiger partial charge in [0.1, 0.15) is 12.3 Å². The second-order valence-electron chi connectivity index (χ2n) is 5.80. The van der Waals surface area contributed by atoms with Gasteiger partial charge in [0, 0.05) is 6.20 Å². The van der Waals surface area contributed by atoms with Gasteiger partial charge in [0.25, 0.3) is 0 Å². The lowest BCUT2D eigenvalue weighted by Crippen LogP contribution is -2.53. The molecule has 1 atom stereocenters. The van der Waals surface area contributed by atoms with Gasteiger partial charge in [-0.05, 0) is 24.1 Å². The van der Waals surface area contributed by atoms with Crippen LogP contribution in [0.2, 0.25) is 0 Å². The third-order valence-corrected chi connectivity index (χ3v) is 3.93. The zero-order chi connectivity index (χ0) is 18.8. The van der Waals surface area contributed by atoms with Gasteiger partial charge in [-0.1, -0.05) is 12.1 Å². The Balaban J connectivity index is 1.67. The molecule has 0 fully saturated rings. The van der Waals surface area contributed by atoms with Crippen molar-refractivity contribution in [1.29, 1.82) is 0 Å². The lowest BCUT2D eigenvalue weighted by Gasteiger charge is -2.28. The van der Waals surface area contributed by atoms with E-state index in [0.29, 0.717) is 5.56 Å². The fourth-order valence-electron chi connectivity index (χ4n) is 2.72. The van der Waals surface area contributed by atoms with Gasteiger partial charge < -0.3 is 30.1 Å². The number of benzene rings is 1. The van der Waals surface area contributed by atoms with Crippen LogP contribution < -0.4 is 15.6 Å². The van der Waals surface area contributed by atoms with Crippen molar-refractivity contribution < 1.29 is 34.4 Å². The molecule has 10 nitrogen and oxygen atoms in total. The van der Waals surface area contributed by atoms with Crippen LogP contribution in [0, 0.1) is 0 Å². The van der Waals surface area contributed by atoms with Crippen molar-refractivity contribution in [2.75, 3.05) is 0 Å². The summed E-state index contributed by atoms with van der Waals surface area (Å²) in [6.45, 7) is -0.196. The molecule has 1 aliphatic heterocycles. The highest BCUT2D eigenvalue weighted by Crippen LogP contribution is 2.30. The summed E-state index contributed by atoms with van der Waals surface area (Å²) >= 11 is 0. The minimum atomic E-state index is -1.73. The molecule has 12 heteroatoms. The zero-order valence-corrected chi connectivity index (χ0v) is 13.4. The normalized spacial score (nSPS) is 15.8. The van der Waals surface area contributed by atoms with Gasteiger partial charge in [-0.2, -0.15) is 5.10 Å². The number of aromatic nitrogens is 2. The molecule has 0 saturated carbocycles. The topological polar surface area (TPSA) is 154 Å². The van der Waals surface area contributed by atoms with Crippen LogP contribution in [0.5, 0.6) is 5.75 Å². The van der Waals surface area contributed by atoms with E-state index in [4.69, 9.17) is 19.8 Å². The van der Waals surface area contributed by atoms with Gasteiger partial charge in [-0.25, -0.2) is 4.79 Å². The molecular weight excluding hydrogens is 344 g/mol. The number of para-hydroxylation sites is 1. The average Bonchev–Trinajstić information content (AvgIpc) is 3.03. The summed E-state index contributed by atoms with van der Waals surface area (Å²) in [5, 5.41) is 43.7. The summed E-state index contributed by atoms with van der Waals surface area (Å²) in [6.07, 6.45) is 1.61. The maximum absolute atomic E-state index is 12.1. The Hall–Kier alpha value is -2.82. The molecule has 3 rings (SSSR count). The number of carbonyl (C=O) groups is 2. The minimum Gasteiger partial charge on any atom is -0.534 e.